The van der Waals surface area contributed by atoms with Gasteiger partial charge >= 0.3 is 12.1 Å². The third-order valence-corrected chi connectivity index (χ3v) is 7.38. The summed E-state index contributed by atoms with van der Waals surface area (Å²) in [6.07, 6.45) is -3.03. The van der Waals surface area contributed by atoms with Crippen LogP contribution in [0.15, 0.2) is 54.6 Å². The number of benzene rings is 2. The molecule has 2 atom stereocenters. The first-order valence-corrected chi connectivity index (χ1v) is 12.4. The Morgan fingerprint density at radius 3 is 2.17 bits per heavy atom. The number of hydrogen-bond donors (Lipinski definition) is 1. The molecule has 1 amide bonds. The molecule has 2 aliphatic heterocycles. The molecule has 2 saturated heterocycles. The summed E-state index contributed by atoms with van der Waals surface area (Å²) < 4.78 is 38.6. The molecule has 0 radical (unpaired) electrons. The van der Waals surface area contributed by atoms with Gasteiger partial charge in [-0.1, -0.05) is 18.2 Å². The Balaban J connectivity index is 1.35. The molecule has 2 fully saturated rings. The molecule has 2 unspecified atom stereocenters. The van der Waals surface area contributed by atoms with Crippen molar-refractivity contribution in [1.82, 2.24) is 9.80 Å². The summed E-state index contributed by atoms with van der Waals surface area (Å²) >= 11 is 0. The molecule has 4 rings (SSSR count). The third-order valence-electron chi connectivity index (χ3n) is 7.38. The minimum atomic E-state index is -4.45. The quantitative estimate of drug-likeness (QED) is 0.604. The van der Waals surface area contributed by atoms with Gasteiger partial charge in [0.15, 0.2) is 0 Å². The van der Waals surface area contributed by atoms with E-state index in [4.69, 9.17) is 0 Å². The second kappa shape index (κ2) is 11.3. The molecule has 9 heteroatoms. The van der Waals surface area contributed by atoms with Gasteiger partial charge in [0.05, 0.1) is 5.56 Å². The monoisotopic (exact) mass is 503 g/mol. The lowest BCUT2D eigenvalue weighted by Crippen LogP contribution is -2.48. The first-order chi connectivity index (χ1) is 17.2. The Hall–Kier alpha value is -3.07. The van der Waals surface area contributed by atoms with Crippen LogP contribution < -0.4 is 4.90 Å². The summed E-state index contributed by atoms with van der Waals surface area (Å²) in [6, 6.07) is 14.6. The number of para-hydroxylation sites is 1. The van der Waals surface area contributed by atoms with E-state index in [0.717, 1.165) is 51.3 Å². The Morgan fingerprint density at radius 1 is 0.889 bits per heavy atom. The maximum absolute atomic E-state index is 13.0. The highest BCUT2D eigenvalue weighted by Crippen LogP contribution is 2.32. The Labute approximate surface area is 209 Å². The molecule has 2 aromatic rings. The topological polar surface area (TPSA) is 64.1 Å². The van der Waals surface area contributed by atoms with Crippen molar-refractivity contribution < 1.29 is 27.9 Å². The summed E-state index contributed by atoms with van der Waals surface area (Å²) in [6.45, 7) is 5.33. The van der Waals surface area contributed by atoms with E-state index in [9.17, 15) is 27.9 Å². The van der Waals surface area contributed by atoms with E-state index >= 15 is 0 Å². The zero-order valence-corrected chi connectivity index (χ0v) is 20.2. The zero-order valence-electron chi connectivity index (χ0n) is 20.2. The van der Waals surface area contributed by atoms with Gasteiger partial charge in [0.2, 0.25) is 0 Å². The van der Waals surface area contributed by atoms with Crippen LogP contribution in [-0.4, -0.2) is 72.6 Å². The van der Waals surface area contributed by atoms with E-state index in [0.29, 0.717) is 19.5 Å². The van der Waals surface area contributed by atoms with E-state index < -0.39 is 17.7 Å². The number of nitrogens with zero attached hydrogens (tertiary/aromatic N) is 3. The van der Waals surface area contributed by atoms with Gasteiger partial charge in [-0.05, 0) is 67.6 Å². The summed E-state index contributed by atoms with van der Waals surface area (Å²) in [5.41, 5.74) is 0.642. The summed E-state index contributed by atoms with van der Waals surface area (Å²) in [5.74, 6) is -1.15. The molecule has 194 valence electrons. The maximum atomic E-state index is 13.0. The normalized spacial score (nSPS) is 21.4. The molecule has 0 bridgehead atoms. The summed E-state index contributed by atoms with van der Waals surface area (Å²) in [7, 11) is 0. The van der Waals surface area contributed by atoms with Gasteiger partial charge in [0.25, 0.3) is 5.91 Å². The highest BCUT2D eigenvalue weighted by Gasteiger charge is 2.34. The molecular formula is C27H32F3N3O3. The van der Waals surface area contributed by atoms with Gasteiger partial charge in [-0.15, -0.1) is 0 Å². The number of rotatable bonds is 7. The Bertz CT molecular complexity index is 1020. The SMILES string of the molecule is O=C(O)CC1CCN(C(=O)c2ccc(C(F)(F)F)cc2)CC1CCN1CCN(c2ccccc2)CC1. The summed E-state index contributed by atoms with van der Waals surface area (Å²) in [5, 5.41) is 9.39. The number of carboxylic acid groups (broad SMARTS) is 1. The van der Waals surface area contributed by atoms with Gasteiger partial charge < -0.3 is 14.9 Å². The second-order valence-electron chi connectivity index (χ2n) is 9.69. The average Bonchev–Trinajstić information content (AvgIpc) is 2.88. The average molecular weight is 504 g/mol. The van der Waals surface area contributed by atoms with Crippen molar-refractivity contribution in [3.63, 3.8) is 0 Å². The number of anilines is 1. The molecule has 6 nitrogen and oxygen atoms in total. The van der Waals surface area contributed by atoms with Gasteiger partial charge in [-0.2, -0.15) is 13.2 Å². The van der Waals surface area contributed by atoms with Crippen molar-refractivity contribution in [1.29, 1.82) is 0 Å². The molecule has 0 spiro atoms. The predicted molar refractivity (Wildman–Crippen MR) is 131 cm³/mol. The molecule has 36 heavy (non-hydrogen) atoms. The number of halogens is 3. The van der Waals surface area contributed by atoms with Gasteiger partial charge in [-0.3, -0.25) is 14.5 Å². The van der Waals surface area contributed by atoms with Crippen LogP contribution in [0, 0.1) is 11.8 Å². The van der Waals surface area contributed by atoms with Crippen LogP contribution in [0.2, 0.25) is 0 Å². The first kappa shape index (κ1) is 26.0. The largest absolute Gasteiger partial charge is 0.481 e. The number of likely N-dealkylation sites (tertiary alicyclic amines) is 1. The van der Waals surface area contributed by atoms with Crippen molar-refractivity contribution >= 4 is 17.6 Å². The van der Waals surface area contributed by atoms with Crippen molar-refractivity contribution in [2.45, 2.75) is 25.4 Å². The number of carbonyl (C=O) groups excluding carboxylic acids is 1. The van der Waals surface area contributed by atoms with Gasteiger partial charge in [0.1, 0.15) is 0 Å². The van der Waals surface area contributed by atoms with E-state index in [1.165, 1.54) is 17.8 Å². The molecule has 0 saturated carbocycles. The molecular weight excluding hydrogens is 471 g/mol. The number of carboxylic acids is 1. The minimum Gasteiger partial charge on any atom is -0.481 e. The van der Waals surface area contributed by atoms with Crippen LogP contribution in [0.1, 0.15) is 35.2 Å². The molecule has 0 aliphatic carbocycles. The third kappa shape index (κ3) is 6.57. The number of aliphatic carboxylic acids is 1. The van der Waals surface area contributed by atoms with Crippen LogP contribution in [0.5, 0.6) is 0 Å². The second-order valence-corrected chi connectivity index (χ2v) is 9.69. The Kier molecular flexibility index (Phi) is 8.18. The first-order valence-electron chi connectivity index (χ1n) is 12.4. The summed E-state index contributed by atoms with van der Waals surface area (Å²) in [4.78, 5) is 30.9. The van der Waals surface area contributed by atoms with E-state index in [2.05, 4.69) is 21.9 Å². The molecule has 1 N–H and O–H groups in total. The van der Waals surface area contributed by atoms with Crippen molar-refractivity contribution in [2.24, 2.45) is 11.8 Å². The van der Waals surface area contributed by atoms with Crippen LogP contribution in [0.3, 0.4) is 0 Å². The lowest BCUT2D eigenvalue weighted by atomic mass is 9.81. The maximum Gasteiger partial charge on any atom is 0.416 e. The van der Waals surface area contributed by atoms with Crippen LogP contribution >= 0.6 is 0 Å². The number of piperazine rings is 1. The fourth-order valence-corrected chi connectivity index (χ4v) is 5.29. The van der Waals surface area contributed by atoms with E-state index in [1.807, 2.05) is 18.2 Å². The molecule has 0 aromatic heterocycles. The number of hydrogen-bond acceptors (Lipinski definition) is 4. The minimum absolute atomic E-state index is 0.0234. The smallest absolute Gasteiger partial charge is 0.416 e. The highest BCUT2D eigenvalue weighted by molar-refractivity contribution is 5.94. The highest BCUT2D eigenvalue weighted by atomic mass is 19.4. The standard InChI is InChI=1S/C27H32F3N3O3/c28-27(29,30)23-8-6-20(7-9-23)26(36)33-13-11-21(18-25(34)35)22(19-33)10-12-31-14-16-32(17-15-31)24-4-2-1-3-5-24/h1-9,21-22H,10-19H2,(H,34,35). The van der Waals surface area contributed by atoms with Crippen LogP contribution in [0.4, 0.5) is 18.9 Å². The fraction of sp³-hybridized carbons (Fsp3) is 0.481. The van der Waals surface area contributed by atoms with Crippen LogP contribution in [-0.2, 0) is 11.0 Å². The number of alkyl halides is 3. The predicted octanol–water partition coefficient (Wildman–Crippen LogP) is 4.47. The number of piperidine rings is 1. The molecule has 2 heterocycles. The van der Waals surface area contributed by atoms with Crippen LogP contribution in [0.25, 0.3) is 0 Å². The van der Waals surface area contributed by atoms with Gasteiger partial charge in [0, 0.05) is 56.9 Å². The number of amides is 1. The molecule has 2 aromatic carbocycles. The zero-order chi connectivity index (χ0) is 25.7. The van der Waals surface area contributed by atoms with Crippen molar-refractivity contribution in [2.75, 3.05) is 50.7 Å². The lowest BCUT2D eigenvalue weighted by molar-refractivity contribution is -0.139. The number of carbonyl (C=O) groups is 2. The van der Waals surface area contributed by atoms with Crippen molar-refractivity contribution in [3.8, 4) is 0 Å². The van der Waals surface area contributed by atoms with E-state index in [1.54, 1.807) is 4.90 Å². The Morgan fingerprint density at radius 2 is 1.56 bits per heavy atom. The fourth-order valence-electron chi connectivity index (χ4n) is 5.29. The van der Waals surface area contributed by atoms with Crippen molar-refractivity contribution in [3.05, 3.63) is 65.7 Å². The van der Waals surface area contributed by atoms with E-state index in [-0.39, 0.29) is 29.7 Å². The van der Waals surface area contributed by atoms with Gasteiger partial charge in [-0.25, -0.2) is 0 Å². The molecule has 2 aliphatic rings. The lowest BCUT2D eigenvalue weighted by Gasteiger charge is -2.40.